The smallest absolute Gasteiger partial charge is 0.357 e. The molecule has 2 rings (SSSR count). The Hall–Kier alpha value is -2.09. The van der Waals surface area contributed by atoms with E-state index in [1.807, 2.05) is 13.8 Å². The van der Waals surface area contributed by atoms with E-state index in [1.165, 1.54) is 0 Å². The maximum Gasteiger partial charge on any atom is 0.427 e. The molecule has 1 aromatic carbocycles. The average Bonchev–Trinajstić information content (AvgIpc) is 3.02. The lowest BCUT2D eigenvalue weighted by atomic mass is 10.1. The standard InChI is InChI=1S/C16H18F3N3OS/c1-3-10(2)22-14(23)12-6-4-5-11(7-12)8-20-15-21-9-13(24-15)16(17,18)19/h4-7,9-10H,3,8H2,1-2H3,(H,20,21)(H,22,23). The lowest BCUT2D eigenvalue weighted by molar-refractivity contribution is -0.134. The number of nitrogens with zero attached hydrogens (tertiary/aromatic N) is 1. The van der Waals surface area contributed by atoms with Gasteiger partial charge in [0.15, 0.2) is 5.13 Å². The largest absolute Gasteiger partial charge is 0.427 e. The van der Waals surface area contributed by atoms with Crippen molar-refractivity contribution in [2.75, 3.05) is 5.32 Å². The Kier molecular flexibility index (Phi) is 5.82. The lowest BCUT2D eigenvalue weighted by Crippen LogP contribution is -2.31. The molecule has 0 saturated heterocycles. The summed E-state index contributed by atoms with van der Waals surface area (Å²) in [5.41, 5.74) is 1.31. The van der Waals surface area contributed by atoms with Crippen LogP contribution < -0.4 is 10.6 Å². The summed E-state index contributed by atoms with van der Waals surface area (Å²) in [7, 11) is 0. The summed E-state index contributed by atoms with van der Waals surface area (Å²) in [5, 5.41) is 5.91. The Balaban J connectivity index is 1.99. The Bertz CT molecular complexity index is 700. The van der Waals surface area contributed by atoms with Crippen molar-refractivity contribution in [3.63, 3.8) is 0 Å². The van der Waals surface area contributed by atoms with Crippen LogP contribution in [0.3, 0.4) is 0 Å². The maximum atomic E-state index is 12.5. The fraction of sp³-hybridized carbons (Fsp3) is 0.375. The number of hydrogen-bond acceptors (Lipinski definition) is 4. The number of nitrogens with one attached hydrogen (secondary N) is 2. The van der Waals surface area contributed by atoms with Crippen LogP contribution in [0.4, 0.5) is 18.3 Å². The first-order chi connectivity index (χ1) is 11.3. The normalized spacial score (nSPS) is 12.7. The highest BCUT2D eigenvalue weighted by atomic mass is 32.1. The number of aromatic nitrogens is 1. The van der Waals surface area contributed by atoms with Gasteiger partial charge in [-0.3, -0.25) is 4.79 Å². The van der Waals surface area contributed by atoms with Crippen molar-refractivity contribution in [1.82, 2.24) is 10.3 Å². The minimum Gasteiger partial charge on any atom is -0.357 e. The second kappa shape index (κ2) is 7.65. The Labute approximate surface area is 142 Å². The van der Waals surface area contributed by atoms with E-state index in [0.717, 1.165) is 18.2 Å². The molecule has 130 valence electrons. The zero-order chi connectivity index (χ0) is 17.7. The van der Waals surface area contributed by atoms with Crippen LogP contribution in [0.25, 0.3) is 0 Å². The van der Waals surface area contributed by atoms with Crippen LogP contribution in [0.15, 0.2) is 30.5 Å². The van der Waals surface area contributed by atoms with Crippen molar-refractivity contribution in [1.29, 1.82) is 0 Å². The Morgan fingerprint density at radius 2 is 2.12 bits per heavy atom. The van der Waals surface area contributed by atoms with Crippen LogP contribution >= 0.6 is 11.3 Å². The number of amides is 1. The van der Waals surface area contributed by atoms with Gasteiger partial charge in [0.2, 0.25) is 0 Å². The molecule has 2 aromatic rings. The molecule has 0 aliphatic heterocycles. The Morgan fingerprint density at radius 1 is 1.38 bits per heavy atom. The van der Waals surface area contributed by atoms with E-state index < -0.39 is 11.1 Å². The third-order valence-corrected chi connectivity index (χ3v) is 4.41. The minimum atomic E-state index is -4.38. The van der Waals surface area contributed by atoms with Gasteiger partial charge in [-0.25, -0.2) is 4.98 Å². The van der Waals surface area contributed by atoms with Crippen LogP contribution in [0.2, 0.25) is 0 Å². The SMILES string of the molecule is CCC(C)NC(=O)c1cccc(CNc2ncc(C(F)(F)F)s2)c1. The monoisotopic (exact) mass is 357 g/mol. The van der Waals surface area contributed by atoms with Crippen LogP contribution in [-0.4, -0.2) is 16.9 Å². The Morgan fingerprint density at radius 3 is 2.75 bits per heavy atom. The number of carbonyl (C=O) groups is 1. The van der Waals surface area contributed by atoms with Gasteiger partial charge in [-0.2, -0.15) is 13.2 Å². The van der Waals surface area contributed by atoms with Gasteiger partial charge in [-0.05, 0) is 31.0 Å². The third kappa shape index (κ3) is 4.95. The molecule has 24 heavy (non-hydrogen) atoms. The van der Waals surface area contributed by atoms with Crippen LogP contribution in [0.5, 0.6) is 0 Å². The molecule has 0 fully saturated rings. The van der Waals surface area contributed by atoms with Gasteiger partial charge in [-0.1, -0.05) is 30.4 Å². The third-order valence-electron chi connectivity index (χ3n) is 3.41. The highest BCUT2D eigenvalue weighted by molar-refractivity contribution is 7.15. The van der Waals surface area contributed by atoms with Gasteiger partial charge in [0.1, 0.15) is 4.88 Å². The predicted octanol–water partition coefficient (Wildman–Crippen LogP) is 4.30. The summed E-state index contributed by atoms with van der Waals surface area (Å²) in [4.78, 5) is 15.1. The fourth-order valence-electron chi connectivity index (χ4n) is 1.90. The van der Waals surface area contributed by atoms with E-state index in [-0.39, 0.29) is 23.6 Å². The summed E-state index contributed by atoms with van der Waals surface area (Å²) in [6.07, 6.45) is -2.74. The molecule has 1 atom stereocenters. The van der Waals surface area contributed by atoms with Crippen molar-refractivity contribution in [3.05, 3.63) is 46.5 Å². The highest BCUT2D eigenvalue weighted by Gasteiger charge is 2.33. The first-order valence-electron chi connectivity index (χ1n) is 7.46. The lowest BCUT2D eigenvalue weighted by Gasteiger charge is -2.12. The molecule has 0 aliphatic carbocycles. The van der Waals surface area contributed by atoms with Gasteiger partial charge in [0.25, 0.3) is 5.91 Å². The summed E-state index contributed by atoms with van der Waals surface area (Å²) in [5.74, 6) is -0.167. The fourth-order valence-corrected chi connectivity index (χ4v) is 2.58. The van der Waals surface area contributed by atoms with E-state index in [0.29, 0.717) is 16.9 Å². The molecule has 1 heterocycles. The van der Waals surface area contributed by atoms with Crippen molar-refractivity contribution in [2.24, 2.45) is 0 Å². The molecule has 0 saturated carbocycles. The molecule has 0 spiro atoms. The van der Waals surface area contributed by atoms with Crippen LogP contribution in [0.1, 0.15) is 41.1 Å². The van der Waals surface area contributed by atoms with E-state index >= 15 is 0 Å². The highest BCUT2D eigenvalue weighted by Crippen LogP contribution is 2.35. The van der Waals surface area contributed by atoms with E-state index in [2.05, 4.69) is 15.6 Å². The van der Waals surface area contributed by atoms with E-state index in [9.17, 15) is 18.0 Å². The molecule has 1 aromatic heterocycles. The van der Waals surface area contributed by atoms with Gasteiger partial charge >= 0.3 is 6.18 Å². The number of hydrogen-bond donors (Lipinski definition) is 2. The molecule has 1 unspecified atom stereocenters. The number of alkyl halides is 3. The molecule has 0 aliphatic rings. The molecular weight excluding hydrogens is 339 g/mol. The molecule has 0 radical (unpaired) electrons. The molecule has 0 bridgehead atoms. The van der Waals surface area contributed by atoms with Crippen LogP contribution in [-0.2, 0) is 12.7 Å². The molecule has 1 amide bonds. The zero-order valence-electron chi connectivity index (χ0n) is 13.3. The van der Waals surface area contributed by atoms with Crippen molar-refractivity contribution in [2.45, 2.75) is 39.0 Å². The second-order valence-electron chi connectivity index (χ2n) is 5.36. The predicted molar refractivity (Wildman–Crippen MR) is 88.1 cm³/mol. The van der Waals surface area contributed by atoms with E-state index in [1.54, 1.807) is 24.3 Å². The zero-order valence-corrected chi connectivity index (χ0v) is 14.1. The number of carbonyl (C=O) groups excluding carboxylic acids is 1. The first-order valence-corrected chi connectivity index (χ1v) is 8.28. The van der Waals surface area contributed by atoms with Crippen molar-refractivity contribution >= 4 is 22.4 Å². The second-order valence-corrected chi connectivity index (χ2v) is 6.39. The summed E-state index contributed by atoms with van der Waals surface area (Å²) in [6.45, 7) is 4.19. The molecular formula is C16H18F3N3OS. The van der Waals surface area contributed by atoms with Gasteiger partial charge in [-0.15, -0.1) is 0 Å². The molecule has 4 nitrogen and oxygen atoms in total. The number of thiazole rings is 1. The topological polar surface area (TPSA) is 54.0 Å². The van der Waals surface area contributed by atoms with Gasteiger partial charge in [0, 0.05) is 18.2 Å². The summed E-state index contributed by atoms with van der Waals surface area (Å²) in [6, 6.07) is 7.03. The van der Waals surface area contributed by atoms with Crippen molar-refractivity contribution in [3.8, 4) is 0 Å². The molecule has 2 N–H and O–H groups in total. The minimum absolute atomic E-state index is 0.0791. The quantitative estimate of drug-likeness (QED) is 0.810. The number of halogens is 3. The van der Waals surface area contributed by atoms with Crippen molar-refractivity contribution < 1.29 is 18.0 Å². The van der Waals surface area contributed by atoms with Gasteiger partial charge < -0.3 is 10.6 Å². The number of anilines is 1. The van der Waals surface area contributed by atoms with Crippen LogP contribution in [0, 0.1) is 0 Å². The average molecular weight is 357 g/mol. The number of rotatable bonds is 6. The molecule has 8 heteroatoms. The summed E-state index contributed by atoms with van der Waals surface area (Å²) >= 11 is 0.554. The first kappa shape index (κ1) is 18.3. The maximum absolute atomic E-state index is 12.5. The van der Waals surface area contributed by atoms with E-state index in [4.69, 9.17) is 0 Å². The summed E-state index contributed by atoms with van der Waals surface area (Å²) < 4.78 is 37.6. The number of benzene rings is 1. The van der Waals surface area contributed by atoms with Gasteiger partial charge in [0.05, 0.1) is 6.20 Å².